The highest BCUT2D eigenvalue weighted by atomic mass is 16.5. The van der Waals surface area contributed by atoms with Gasteiger partial charge in [-0.25, -0.2) is 0 Å². The fourth-order valence-electron chi connectivity index (χ4n) is 4.19. The van der Waals surface area contributed by atoms with Crippen LogP contribution in [0.15, 0.2) is 60.7 Å². The van der Waals surface area contributed by atoms with Crippen molar-refractivity contribution in [1.29, 1.82) is 0 Å². The minimum Gasteiger partial charge on any atom is -0.497 e. The number of nitrogens with one attached hydrogen (secondary N) is 1. The predicted octanol–water partition coefficient (Wildman–Crippen LogP) is 5.35. The van der Waals surface area contributed by atoms with E-state index < -0.39 is 0 Å². The first kappa shape index (κ1) is 22.8. The number of carbonyl (C=O) groups excluding carboxylic acids is 1. The summed E-state index contributed by atoms with van der Waals surface area (Å²) in [5.74, 6) is 1.63. The predicted molar refractivity (Wildman–Crippen MR) is 133 cm³/mol. The number of carbonyl (C=O) groups is 1. The molecule has 1 aromatic heterocycles. The fourth-order valence-corrected chi connectivity index (χ4v) is 4.19. The molecule has 1 unspecified atom stereocenters. The lowest BCUT2D eigenvalue weighted by molar-refractivity contribution is -0.120. The maximum Gasteiger partial charge on any atom is 0.229 e. The first-order chi connectivity index (χ1) is 16.2. The number of aryl methyl sites for hydroxylation is 1. The number of unbranched alkanes of at least 4 members (excludes halogenated alkanes) is 1. The molecule has 1 saturated heterocycles. The Hall–Kier alpha value is -3.41. The highest BCUT2D eigenvalue weighted by Gasteiger charge is 2.27. The highest BCUT2D eigenvalue weighted by Crippen LogP contribution is 2.25. The summed E-state index contributed by atoms with van der Waals surface area (Å²) in [5.41, 5.74) is 3.98. The van der Waals surface area contributed by atoms with Crippen molar-refractivity contribution in [2.75, 3.05) is 30.4 Å². The van der Waals surface area contributed by atoms with Crippen LogP contribution >= 0.6 is 0 Å². The van der Waals surface area contributed by atoms with E-state index in [0.717, 1.165) is 54.3 Å². The molecule has 33 heavy (non-hydrogen) atoms. The zero-order valence-corrected chi connectivity index (χ0v) is 19.5. The molecule has 6 nitrogen and oxygen atoms in total. The molecule has 2 heterocycles. The van der Waals surface area contributed by atoms with E-state index in [2.05, 4.69) is 39.5 Å². The summed E-state index contributed by atoms with van der Waals surface area (Å²) in [5, 5.41) is 12.0. The van der Waals surface area contributed by atoms with Gasteiger partial charge < -0.3 is 15.0 Å². The topological polar surface area (TPSA) is 67.4 Å². The van der Waals surface area contributed by atoms with Crippen LogP contribution in [0, 0.1) is 5.92 Å². The van der Waals surface area contributed by atoms with Crippen molar-refractivity contribution in [2.24, 2.45) is 5.92 Å². The van der Waals surface area contributed by atoms with Crippen LogP contribution in [0.2, 0.25) is 0 Å². The third-order valence-corrected chi connectivity index (χ3v) is 6.19. The van der Waals surface area contributed by atoms with Crippen LogP contribution < -0.4 is 15.0 Å². The number of rotatable bonds is 8. The van der Waals surface area contributed by atoms with Crippen LogP contribution in [0.4, 0.5) is 11.5 Å². The third kappa shape index (κ3) is 5.89. The van der Waals surface area contributed by atoms with E-state index in [1.54, 1.807) is 7.11 Å². The largest absolute Gasteiger partial charge is 0.497 e. The van der Waals surface area contributed by atoms with Crippen molar-refractivity contribution in [3.63, 3.8) is 0 Å². The van der Waals surface area contributed by atoms with Gasteiger partial charge in [0.15, 0.2) is 5.82 Å². The van der Waals surface area contributed by atoms with E-state index in [0.29, 0.717) is 6.54 Å². The van der Waals surface area contributed by atoms with Gasteiger partial charge in [0.1, 0.15) is 5.75 Å². The quantitative estimate of drug-likeness (QED) is 0.507. The molecule has 2 aromatic carbocycles. The molecule has 0 saturated carbocycles. The van der Waals surface area contributed by atoms with Crippen molar-refractivity contribution < 1.29 is 9.53 Å². The summed E-state index contributed by atoms with van der Waals surface area (Å²) in [6, 6.07) is 20.0. The number of anilines is 2. The highest BCUT2D eigenvalue weighted by molar-refractivity contribution is 5.93. The minimum atomic E-state index is -0.0680. The lowest BCUT2D eigenvalue weighted by atomic mass is 9.97. The van der Waals surface area contributed by atoms with Crippen LogP contribution in [0.5, 0.6) is 5.75 Å². The van der Waals surface area contributed by atoms with Crippen molar-refractivity contribution >= 4 is 17.4 Å². The monoisotopic (exact) mass is 444 g/mol. The van der Waals surface area contributed by atoms with E-state index >= 15 is 0 Å². The van der Waals surface area contributed by atoms with Crippen molar-refractivity contribution in [3.05, 3.63) is 66.2 Å². The molecule has 1 aliphatic rings. The second-order valence-corrected chi connectivity index (χ2v) is 8.58. The summed E-state index contributed by atoms with van der Waals surface area (Å²) in [6.45, 7) is 3.73. The number of piperidine rings is 1. The van der Waals surface area contributed by atoms with Gasteiger partial charge in [-0.1, -0.05) is 25.5 Å². The number of benzene rings is 2. The molecule has 1 atom stereocenters. The van der Waals surface area contributed by atoms with Gasteiger partial charge in [-0.15, -0.1) is 10.2 Å². The van der Waals surface area contributed by atoms with E-state index in [1.165, 1.54) is 18.4 Å². The molecular weight excluding hydrogens is 412 g/mol. The molecule has 0 spiro atoms. The fraction of sp³-hybridized carbons (Fsp3) is 0.370. The van der Waals surface area contributed by atoms with Gasteiger partial charge in [-0.2, -0.15) is 0 Å². The molecule has 1 aliphatic heterocycles. The van der Waals surface area contributed by atoms with Crippen molar-refractivity contribution in [1.82, 2.24) is 10.2 Å². The summed E-state index contributed by atoms with van der Waals surface area (Å²) >= 11 is 0. The Labute approximate surface area is 196 Å². The average Bonchev–Trinajstić information content (AvgIpc) is 2.88. The molecule has 1 fully saturated rings. The maximum atomic E-state index is 12.9. The normalized spacial score (nSPS) is 15.8. The van der Waals surface area contributed by atoms with Crippen LogP contribution in [0.1, 0.15) is 38.2 Å². The minimum absolute atomic E-state index is 0.0680. The van der Waals surface area contributed by atoms with Gasteiger partial charge in [0.2, 0.25) is 5.91 Å². The number of amides is 1. The van der Waals surface area contributed by atoms with Crippen molar-refractivity contribution in [2.45, 2.75) is 39.0 Å². The molecule has 6 heteroatoms. The Morgan fingerprint density at radius 3 is 2.52 bits per heavy atom. The molecule has 3 aromatic rings. The smallest absolute Gasteiger partial charge is 0.229 e. The molecule has 4 rings (SSSR count). The zero-order valence-electron chi connectivity index (χ0n) is 19.5. The molecule has 0 aliphatic carbocycles. The summed E-state index contributed by atoms with van der Waals surface area (Å²) in [7, 11) is 1.65. The Bertz CT molecular complexity index is 1030. The Morgan fingerprint density at radius 1 is 1.06 bits per heavy atom. The Kier molecular flexibility index (Phi) is 7.55. The second kappa shape index (κ2) is 10.9. The summed E-state index contributed by atoms with van der Waals surface area (Å²) in [6.07, 6.45) is 5.30. The third-order valence-electron chi connectivity index (χ3n) is 6.19. The van der Waals surface area contributed by atoms with E-state index in [-0.39, 0.29) is 11.8 Å². The molecule has 0 radical (unpaired) electrons. The van der Waals surface area contributed by atoms with E-state index in [9.17, 15) is 4.79 Å². The van der Waals surface area contributed by atoms with Gasteiger partial charge in [0.05, 0.1) is 18.7 Å². The number of aromatic nitrogens is 2. The number of ether oxygens (including phenoxy) is 1. The summed E-state index contributed by atoms with van der Waals surface area (Å²) in [4.78, 5) is 15.1. The van der Waals surface area contributed by atoms with E-state index in [4.69, 9.17) is 4.74 Å². The number of methoxy groups -OCH3 is 1. The summed E-state index contributed by atoms with van der Waals surface area (Å²) < 4.78 is 5.21. The molecule has 172 valence electrons. The van der Waals surface area contributed by atoms with Gasteiger partial charge in [0, 0.05) is 24.3 Å². The molecular formula is C27H32N4O2. The number of hydrogen-bond donors (Lipinski definition) is 1. The van der Waals surface area contributed by atoms with Crippen LogP contribution in [0.25, 0.3) is 11.3 Å². The zero-order chi connectivity index (χ0) is 23.0. The number of nitrogens with zero attached hydrogens (tertiary/aromatic N) is 3. The second-order valence-electron chi connectivity index (χ2n) is 8.58. The Balaban J connectivity index is 1.36. The molecule has 0 bridgehead atoms. The van der Waals surface area contributed by atoms with Crippen LogP contribution in [-0.2, 0) is 11.2 Å². The van der Waals surface area contributed by atoms with Gasteiger partial charge in [-0.3, -0.25) is 4.79 Å². The van der Waals surface area contributed by atoms with Crippen molar-refractivity contribution in [3.8, 4) is 17.0 Å². The Morgan fingerprint density at radius 2 is 1.85 bits per heavy atom. The first-order valence-corrected chi connectivity index (χ1v) is 11.8. The molecule has 1 N–H and O–H groups in total. The standard InChI is InChI=1S/C27H32N4O2/c1-3-4-6-20-8-12-23(13-9-20)28-27(32)22-7-5-18-31(19-22)26-17-16-25(29-30-26)21-10-14-24(33-2)15-11-21/h8-17,22H,3-7,18-19H2,1-2H3,(H,28,32). The lowest BCUT2D eigenvalue weighted by Gasteiger charge is -2.32. The average molecular weight is 445 g/mol. The number of hydrogen-bond acceptors (Lipinski definition) is 5. The SMILES string of the molecule is CCCCc1ccc(NC(=O)C2CCCN(c3ccc(-c4ccc(OC)cc4)nn3)C2)cc1. The molecule has 1 amide bonds. The van der Waals surface area contributed by atoms with E-state index in [1.807, 2.05) is 48.5 Å². The maximum absolute atomic E-state index is 12.9. The van der Waals surface area contributed by atoms with Crippen LogP contribution in [-0.4, -0.2) is 36.3 Å². The van der Waals surface area contributed by atoms with Gasteiger partial charge in [-0.05, 0) is 79.8 Å². The first-order valence-electron chi connectivity index (χ1n) is 11.8. The van der Waals surface area contributed by atoms with Crippen LogP contribution in [0.3, 0.4) is 0 Å². The lowest BCUT2D eigenvalue weighted by Crippen LogP contribution is -2.41. The van der Waals surface area contributed by atoms with Gasteiger partial charge in [0.25, 0.3) is 0 Å². The van der Waals surface area contributed by atoms with Gasteiger partial charge >= 0.3 is 0 Å².